The zero-order valence-corrected chi connectivity index (χ0v) is 7.96. The Morgan fingerprint density at radius 2 is 1.67 bits per heavy atom. The van der Waals surface area contributed by atoms with Crippen molar-refractivity contribution in [3.8, 4) is 0 Å². The Hall–Kier alpha value is -2.16. The number of carboxylic acid groups (broad SMARTS) is 1. The Morgan fingerprint density at radius 3 is 2.27 bits per heavy atom. The smallest absolute Gasteiger partial charge is 0.328 e. The van der Waals surface area contributed by atoms with Crippen LogP contribution in [0.2, 0.25) is 0 Å². The molecule has 0 aliphatic carbocycles. The van der Waals surface area contributed by atoms with Gasteiger partial charge >= 0.3 is 5.97 Å². The third-order valence-corrected chi connectivity index (χ3v) is 1.63. The summed E-state index contributed by atoms with van der Waals surface area (Å²) in [6, 6.07) is 9.30. The summed E-state index contributed by atoms with van der Waals surface area (Å²) in [5.41, 5.74) is 0.898. The topological polar surface area (TPSA) is 54.4 Å². The molecule has 1 N–H and O–H groups in total. The van der Waals surface area contributed by atoms with E-state index in [0.29, 0.717) is 0 Å². The van der Waals surface area contributed by atoms with Gasteiger partial charge in [0, 0.05) is 6.08 Å². The van der Waals surface area contributed by atoms with Gasteiger partial charge < -0.3 is 5.11 Å². The summed E-state index contributed by atoms with van der Waals surface area (Å²) in [5.74, 6) is -1.47. The fraction of sp³-hybridized carbons (Fsp3) is 0. The lowest BCUT2D eigenvalue weighted by Crippen LogP contribution is -1.91. The average Bonchev–Trinajstić information content (AvgIpc) is 2.25. The van der Waals surface area contributed by atoms with Crippen molar-refractivity contribution in [3.05, 3.63) is 54.1 Å². The summed E-state index contributed by atoms with van der Waals surface area (Å²) in [7, 11) is 0. The summed E-state index contributed by atoms with van der Waals surface area (Å²) in [6.45, 7) is 0. The van der Waals surface area contributed by atoms with Gasteiger partial charge in [0.25, 0.3) is 0 Å². The van der Waals surface area contributed by atoms with Crippen molar-refractivity contribution < 1.29 is 14.7 Å². The van der Waals surface area contributed by atoms with E-state index in [0.717, 1.165) is 17.7 Å². The number of hydrogen-bond donors (Lipinski definition) is 1. The quantitative estimate of drug-likeness (QED) is 0.759. The average molecular weight is 202 g/mol. The van der Waals surface area contributed by atoms with Gasteiger partial charge in [0.05, 0.1) is 0 Å². The van der Waals surface area contributed by atoms with Crippen LogP contribution in [0.15, 0.2) is 48.6 Å². The van der Waals surface area contributed by atoms with Crippen LogP contribution in [0.3, 0.4) is 0 Å². The fourth-order valence-corrected chi connectivity index (χ4v) is 0.951. The lowest BCUT2D eigenvalue weighted by atomic mass is 10.2. The molecule has 0 unspecified atom stereocenters. The van der Waals surface area contributed by atoms with Gasteiger partial charge in [-0.3, -0.25) is 4.79 Å². The molecule has 1 aromatic carbocycles. The van der Waals surface area contributed by atoms with E-state index in [1.54, 1.807) is 6.08 Å². The number of ketones is 1. The monoisotopic (exact) mass is 202 g/mol. The first kappa shape index (κ1) is 10.9. The molecule has 0 aliphatic heterocycles. The minimum Gasteiger partial charge on any atom is -0.478 e. The van der Waals surface area contributed by atoms with Crippen LogP contribution < -0.4 is 0 Å². The lowest BCUT2D eigenvalue weighted by Gasteiger charge is -1.89. The van der Waals surface area contributed by atoms with Crippen LogP contribution in [0.5, 0.6) is 0 Å². The summed E-state index contributed by atoms with van der Waals surface area (Å²) in [5, 5.41) is 8.28. The van der Waals surface area contributed by atoms with Crippen molar-refractivity contribution >= 4 is 17.8 Å². The number of aliphatic carboxylic acids is 1. The first-order valence-electron chi connectivity index (χ1n) is 4.36. The molecule has 0 spiro atoms. The number of carbonyl (C=O) groups is 2. The second kappa shape index (κ2) is 5.54. The minimum absolute atomic E-state index is 0.346. The third kappa shape index (κ3) is 4.57. The molecular weight excluding hydrogens is 192 g/mol. The predicted molar refractivity (Wildman–Crippen MR) is 57.3 cm³/mol. The van der Waals surface area contributed by atoms with E-state index in [2.05, 4.69) is 0 Å². The maximum absolute atomic E-state index is 11.1. The van der Waals surface area contributed by atoms with Crippen LogP contribution in [-0.2, 0) is 9.59 Å². The molecule has 1 aromatic rings. The van der Waals surface area contributed by atoms with Crippen molar-refractivity contribution in [1.82, 2.24) is 0 Å². The number of hydrogen-bond acceptors (Lipinski definition) is 2. The summed E-state index contributed by atoms with van der Waals surface area (Å²) < 4.78 is 0. The maximum Gasteiger partial charge on any atom is 0.328 e. The van der Waals surface area contributed by atoms with Crippen molar-refractivity contribution in [2.24, 2.45) is 0 Å². The van der Waals surface area contributed by atoms with E-state index in [-0.39, 0.29) is 5.78 Å². The van der Waals surface area contributed by atoms with E-state index in [4.69, 9.17) is 5.11 Å². The Morgan fingerprint density at radius 1 is 1.00 bits per heavy atom. The molecule has 3 heteroatoms. The molecule has 76 valence electrons. The lowest BCUT2D eigenvalue weighted by molar-refractivity contribution is -0.131. The first-order chi connectivity index (χ1) is 7.18. The Bertz CT molecular complexity index is 402. The van der Waals surface area contributed by atoms with E-state index in [1.807, 2.05) is 30.3 Å². The van der Waals surface area contributed by atoms with Gasteiger partial charge in [0.1, 0.15) is 0 Å². The third-order valence-electron chi connectivity index (χ3n) is 1.63. The maximum atomic E-state index is 11.1. The molecule has 0 amide bonds. The Balaban J connectivity index is 2.59. The second-order valence-electron chi connectivity index (χ2n) is 2.82. The van der Waals surface area contributed by atoms with Crippen LogP contribution in [-0.4, -0.2) is 16.9 Å². The van der Waals surface area contributed by atoms with Crippen LogP contribution in [0, 0.1) is 0 Å². The molecule has 0 heterocycles. The molecule has 0 saturated carbocycles. The van der Waals surface area contributed by atoms with E-state index >= 15 is 0 Å². The van der Waals surface area contributed by atoms with Crippen LogP contribution in [0.1, 0.15) is 5.56 Å². The molecule has 0 fully saturated rings. The molecule has 0 aliphatic rings. The highest BCUT2D eigenvalue weighted by molar-refractivity contribution is 6.04. The van der Waals surface area contributed by atoms with Gasteiger partial charge in [0.2, 0.25) is 0 Å². The first-order valence-corrected chi connectivity index (χ1v) is 4.36. The molecule has 0 saturated heterocycles. The Labute approximate surface area is 87.4 Å². The number of rotatable bonds is 4. The summed E-state index contributed by atoms with van der Waals surface area (Å²) in [4.78, 5) is 21.2. The summed E-state index contributed by atoms with van der Waals surface area (Å²) in [6.07, 6.45) is 4.79. The summed E-state index contributed by atoms with van der Waals surface area (Å²) >= 11 is 0. The van der Waals surface area contributed by atoms with Gasteiger partial charge in [-0.1, -0.05) is 36.4 Å². The molecule has 0 aromatic heterocycles. The molecule has 3 nitrogen and oxygen atoms in total. The largest absolute Gasteiger partial charge is 0.478 e. The second-order valence-corrected chi connectivity index (χ2v) is 2.82. The molecule has 1 rings (SSSR count). The molecule has 0 radical (unpaired) electrons. The standard InChI is InChI=1S/C12H10O3/c13-11(8-9-12(14)15)7-6-10-4-2-1-3-5-10/h1-9H,(H,14,15)/b7-6+,9-8+. The fourth-order valence-electron chi connectivity index (χ4n) is 0.951. The molecule has 15 heavy (non-hydrogen) atoms. The van der Waals surface area contributed by atoms with Crippen LogP contribution >= 0.6 is 0 Å². The van der Waals surface area contributed by atoms with E-state index in [1.165, 1.54) is 6.08 Å². The van der Waals surface area contributed by atoms with Gasteiger partial charge in [-0.05, 0) is 17.7 Å². The zero-order valence-electron chi connectivity index (χ0n) is 7.96. The van der Waals surface area contributed by atoms with Gasteiger partial charge in [-0.15, -0.1) is 0 Å². The van der Waals surface area contributed by atoms with Gasteiger partial charge in [0.15, 0.2) is 5.78 Å². The van der Waals surface area contributed by atoms with E-state index < -0.39 is 5.97 Å². The van der Waals surface area contributed by atoms with Crippen molar-refractivity contribution in [2.75, 3.05) is 0 Å². The highest BCUT2D eigenvalue weighted by Gasteiger charge is 1.91. The molecule has 0 bridgehead atoms. The van der Waals surface area contributed by atoms with Crippen LogP contribution in [0.25, 0.3) is 6.08 Å². The van der Waals surface area contributed by atoms with E-state index in [9.17, 15) is 9.59 Å². The molecule has 0 atom stereocenters. The number of allylic oxidation sites excluding steroid dienone is 2. The normalized spacial score (nSPS) is 10.9. The van der Waals surface area contributed by atoms with Crippen molar-refractivity contribution in [1.29, 1.82) is 0 Å². The number of benzene rings is 1. The van der Waals surface area contributed by atoms with Crippen LogP contribution in [0.4, 0.5) is 0 Å². The van der Waals surface area contributed by atoms with Gasteiger partial charge in [-0.25, -0.2) is 4.79 Å². The number of carbonyl (C=O) groups excluding carboxylic acids is 1. The highest BCUT2D eigenvalue weighted by atomic mass is 16.4. The minimum atomic E-state index is -1.13. The van der Waals surface area contributed by atoms with Crippen molar-refractivity contribution in [3.63, 3.8) is 0 Å². The molecular formula is C12H10O3. The number of carboxylic acids is 1. The zero-order chi connectivity index (χ0) is 11.1. The highest BCUT2D eigenvalue weighted by Crippen LogP contribution is 2.00. The van der Waals surface area contributed by atoms with Crippen molar-refractivity contribution in [2.45, 2.75) is 0 Å². The Kier molecular flexibility index (Phi) is 4.04. The predicted octanol–water partition coefficient (Wildman–Crippen LogP) is 1.91. The SMILES string of the molecule is O=C(O)/C=C/C(=O)/C=C/c1ccccc1. The van der Waals surface area contributed by atoms with Gasteiger partial charge in [-0.2, -0.15) is 0 Å².